The zero-order valence-electron chi connectivity index (χ0n) is 12.5. The number of hydrogen-bond acceptors (Lipinski definition) is 4. The van der Waals surface area contributed by atoms with Gasteiger partial charge in [0.2, 0.25) is 0 Å². The van der Waals surface area contributed by atoms with E-state index < -0.39 is 10.1 Å². The van der Waals surface area contributed by atoms with Crippen molar-refractivity contribution in [2.75, 3.05) is 13.2 Å². The summed E-state index contributed by atoms with van der Waals surface area (Å²) in [6.45, 7) is 4.64. The maximum atomic E-state index is 10.9. The molecule has 0 aliphatic heterocycles. The molecule has 23 heavy (non-hydrogen) atoms. The Balaban J connectivity index is 1.71. The summed E-state index contributed by atoms with van der Waals surface area (Å²) in [5.74, 6) is 1.32. The average Bonchev–Trinajstić information content (AvgIpc) is 2.55. The molecule has 2 rings (SSSR count). The molecule has 0 unspecified atom stereocenters. The predicted octanol–water partition coefficient (Wildman–Crippen LogP) is 3.42. The lowest BCUT2D eigenvalue weighted by Gasteiger charge is -2.08. The van der Waals surface area contributed by atoms with Crippen LogP contribution in [0.4, 0.5) is 0 Å². The molecule has 0 spiro atoms. The van der Waals surface area contributed by atoms with Gasteiger partial charge in [-0.25, -0.2) is 0 Å². The maximum Gasteiger partial charge on any atom is 0.294 e. The molecule has 0 atom stereocenters. The van der Waals surface area contributed by atoms with Gasteiger partial charge in [-0.3, -0.25) is 4.55 Å². The van der Waals surface area contributed by atoms with Gasteiger partial charge in [-0.1, -0.05) is 24.8 Å². The van der Waals surface area contributed by atoms with E-state index >= 15 is 0 Å². The van der Waals surface area contributed by atoms with Crippen LogP contribution in [0.5, 0.6) is 11.5 Å². The molecule has 0 heterocycles. The molecular weight excluding hydrogens is 316 g/mol. The Labute approximate surface area is 135 Å². The molecule has 0 radical (unpaired) electrons. The molecule has 0 aliphatic carbocycles. The highest BCUT2D eigenvalue weighted by molar-refractivity contribution is 7.85. The van der Waals surface area contributed by atoms with Crippen molar-refractivity contribution in [2.45, 2.75) is 11.3 Å². The topological polar surface area (TPSA) is 72.8 Å². The highest BCUT2D eigenvalue weighted by Crippen LogP contribution is 2.16. The standard InChI is InChI=1S/C17H18O5S/c1-2-14-4-6-15(7-5-14)21-12-3-13-22-16-8-10-17(11-9-16)23(18,19)20/h2,4-11H,1,3,12-13H2,(H,18,19,20). The van der Waals surface area contributed by atoms with Crippen LogP contribution >= 0.6 is 0 Å². The first kappa shape index (κ1) is 17.1. The molecule has 2 aromatic carbocycles. The molecule has 122 valence electrons. The van der Waals surface area contributed by atoms with Gasteiger partial charge in [0, 0.05) is 6.42 Å². The minimum absolute atomic E-state index is 0.156. The molecule has 0 bridgehead atoms. The predicted molar refractivity (Wildman–Crippen MR) is 88.4 cm³/mol. The molecule has 0 amide bonds. The van der Waals surface area contributed by atoms with Crippen molar-refractivity contribution in [3.8, 4) is 11.5 Å². The summed E-state index contributed by atoms with van der Waals surface area (Å²) in [5.41, 5.74) is 1.04. The normalized spacial score (nSPS) is 11.0. The highest BCUT2D eigenvalue weighted by Gasteiger charge is 2.08. The van der Waals surface area contributed by atoms with Gasteiger partial charge in [0.05, 0.1) is 18.1 Å². The Morgan fingerprint density at radius 1 is 0.913 bits per heavy atom. The SMILES string of the molecule is C=Cc1ccc(OCCCOc2ccc(S(=O)(=O)O)cc2)cc1. The lowest BCUT2D eigenvalue weighted by Crippen LogP contribution is -2.05. The van der Waals surface area contributed by atoms with E-state index in [0.717, 1.165) is 11.3 Å². The van der Waals surface area contributed by atoms with Crippen LogP contribution in [0, 0.1) is 0 Å². The number of benzene rings is 2. The van der Waals surface area contributed by atoms with E-state index in [0.29, 0.717) is 25.4 Å². The van der Waals surface area contributed by atoms with E-state index in [2.05, 4.69) is 6.58 Å². The van der Waals surface area contributed by atoms with Gasteiger partial charge >= 0.3 is 0 Å². The fourth-order valence-corrected chi connectivity index (χ4v) is 2.33. The van der Waals surface area contributed by atoms with E-state index in [9.17, 15) is 8.42 Å². The molecule has 5 nitrogen and oxygen atoms in total. The van der Waals surface area contributed by atoms with Gasteiger partial charge < -0.3 is 9.47 Å². The van der Waals surface area contributed by atoms with Crippen LogP contribution in [0.15, 0.2) is 60.0 Å². The Hall–Kier alpha value is -2.31. The van der Waals surface area contributed by atoms with E-state index in [1.165, 1.54) is 24.3 Å². The zero-order valence-corrected chi connectivity index (χ0v) is 13.3. The van der Waals surface area contributed by atoms with Crippen molar-refractivity contribution in [3.63, 3.8) is 0 Å². The number of hydrogen-bond donors (Lipinski definition) is 1. The summed E-state index contributed by atoms with van der Waals surface area (Å²) in [6.07, 6.45) is 2.45. The number of ether oxygens (including phenoxy) is 2. The summed E-state index contributed by atoms with van der Waals surface area (Å²) < 4.78 is 41.8. The average molecular weight is 334 g/mol. The van der Waals surface area contributed by atoms with E-state index in [1.54, 1.807) is 6.08 Å². The van der Waals surface area contributed by atoms with Crippen LogP contribution in [0.25, 0.3) is 6.08 Å². The van der Waals surface area contributed by atoms with E-state index in [4.69, 9.17) is 14.0 Å². The second-order valence-electron chi connectivity index (χ2n) is 4.77. The van der Waals surface area contributed by atoms with Crippen molar-refractivity contribution in [3.05, 3.63) is 60.7 Å². The Bertz CT molecular complexity index is 734. The van der Waals surface area contributed by atoms with Crippen LogP contribution in [-0.2, 0) is 10.1 Å². The van der Waals surface area contributed by atoms with Crippen molar-refractivity contribution in [1.82, 2.24) is 0 Å². The van der Waals surface area contributed by atoms with Crippen LogP contribution in [0.3, 0.4) is 0 Å². The molecular formula is C17H18O5S. The lowest BCUT2D eigenvalue weighted by atomic mass is 10.2. The lowest BCUT2D eigenvalue weighted by molar-refractivity contribution is 0.247. The first-order valence-electron chi connectivity index (χ1n) is 7.05. The number of rotatable bonds is 8. The largest absolute Gasteiger partial charge is 0.493 e. The quantitative estimate of drug-likeness (QED) is 0.591. The molecule has 0 aliphatic rings. The second kappa shape index (κ2) is 7.80. The third-order valence-electron chi connectivity index (χ3n) is 3.06. The van der Waals surface area contributed by atoms with Crippen LogP contribution < -0.4 is 9.47 Å². The Morgan fingerprint density at radius 2 is 1.39 bits per heavy atom. The van der Waals surface area contributed by atoms with E-state index in [-0.39, 0.29) is 4.90 Å². The van der Waals surface area contributed by atoms with E-state index in [1.807, 2.05) is 24.3 Å². The summed E-state index contributed by atoms with van der Waals surface area (Å²) in [7, 11) is -4.17. The van der Waals surface area contributed by atoms with Gasteiger partial charge in [-0.15, -0.1) is 0 Å². The third-order valence-corrected chi connectivity index (χ3v) is 3.93. The van der Waals surface area contributed by atoms with Crippen LogP contribution in [0.1, 0.15) is 12.0 Å². The zero-order chi connectivity index (χ0) is 16.7. The Morgan fingerprint density at radius 3 is 1.83 bits per heavy atom. The monoisotopic (exact) mass is 334 g/mol. The highest BCUT2D eigenvalue weighted by atomic mass is 32.2. The summed E-state index contributed by atoms with van der Waals surface area (Å²) in [4.78, 5) is -0.156. The summed E-state index contributed by atoms with van der Waals surface area (Å²) >= 11 is 0. The minimum atomic E-state index is -4.17. The van der Waals surface area contributed by atoms with Crippen LogP contribution in [-0.4, -0.2) is 26.2 Å². The fourth-order valence-electron chi connectivity index (χ4n) is 1.85. The fraction of sp³-hybridized carbons (Fsp3) is 0.176. The maximum absolute atomic E-state index is 10.9. The van der Waals surface area contributed by atoms with Crippen molar-refractivity contribution in [2.24, 2.45) is 0 Å². The molecule has 2 aromatic rings. The molecule has 0 aromatic heterocycles. The molecule has 0 fully saturated rings. The minimum Gasteiger partial charge on any atom is -0.493 e. The van der Waals surface area contributed by atoms with Gasteiger partial charge in [0.1, 0.15) is 11.5 Å². The van der Waals surface area contributed by atoms with Crippen molar-refractivity contribution < 1.29 is 22.4 Å². The second-order valence-corrected chi connectivity index (χ2v) is 6.19. The van der Waals surface area contributed by atoms with Crippen molar-refractivity contribution >= 4 is 16.2 Å². The Kier molecular flexibility index (Phi) is 5.78. The third kappa shape index (κ3) is 5.43. The van der Waals surface area contributed by atoms with Gasteiger partial charge in [0.25, 0.3) is 10.1 Å². The molecule has 0 saturated heterocycles. The van der Waals surface area contributed by atoms with Gasteiger partial charge in [0.15, 0.2) is 0 Å². The summed E-state index contributed by atoms with van der Waals surface area (Å²) in [5, 5.41) is 0. The van der Waals surface area contributed by atoms with Crippen molar-refractivity contribution in [1.29, 1.82) is 0 Å². The van der Waals surface area contributed by atoms with Gasteiger partial charge in [-0.05, 0) is 42.0 Å². The first-order chi connectivity index (χ1) is 11.0. The summed E-state index contributed by atoms with van der Waals surface area (Å²) in [6, 6.07) is 13.2. The smallest absolute Gasteiger partial charge is 0.294 e. The molecule has 1 N–H and O–H groups in total. The van der Waals surface area contributed by atoms with Gasteiger partial charge in [-0.2, -0.15) is 8.42 Å². The molecule has 0 saturated carbocycles. The van der Waals surface area contributed by atoms with Crippen LogP contribution in [0.2, 0.25) is 0 Å². The first-order valence-corrected chi connectivity index (χ1v) is 8.49. The molecule has 6 heteroatoms.